The first-order valence-electron chi connectivity index (χ1n) is 11.4. The number of hydrogen-bond acceptors (Lipinski definition) is 5. The Labute approximate surface area is 207 Å². The lowest BCUT2D eigenvalue weighted by molar-refractivity contribution is -0.129. The van der Waals surface area contributed by atoms with Gasteiger partial charge >= 0.3 is 0 Å². The molecule has 5 rings (SSSR count). The summed E-state index contributed by atoms with van der Waals surface area (Å²) >= 11 is 1.34. The van der Waals surface area contributed by atoms with Gasteiger partial charge in [-0.05, 0) is 55.3 Å². The van der Waals surface area contributed by atoms with Gasteiger partial charge in [-0.1, -0.05) is 48.2 Å². The number of benzene rings is 3. The van der Waals surface area contributed by atoms with Crippen LogP contribution in [0.15, 0.2) is 84.0 Å². The van der Waals surface area contributed by atoms with Crippen molar-refractivity contribution in [3.8, 4) is 22.8 Å². The van der Waals surface area contributed by atoms with Crippen molar-refractivity contribution in [2.45, 2.75) is 30.6 Å². The van der Waals surface area contributed by atoms with Gasteiger partial charge in [-0.3, -0.25) is 9.36 Å². The molecule has 0 radical (unpaired) electrons. The zero-order valence-electron chi connectivity index (χ0n) is 19.3. The molecule has 35 heavy (non-hydrogen) atoms. The van der Waals surface area contributed by atoms with Crippen LogP contribution in [0.1, 0.15) is 18.4 Å². The Morgan fingerprint density at radius 2 is 1.74 bits per heavy atom. The standard InChI is InChI=1S/C27H25FN4O2S/c1-34-23-15-11-19(12-16-23)26-29-30-27(32(26)22-8-3-2-4-9-22)35-18-25(33)31(21-13-14-21)17-20-7-5-6-10-24(20)28/h2-12,15-16,21H,13-14,17-18H2,1H3. The number of carbonyl (C=O) groups is 1. The van der Waals surface area contributed by atoms with E-state index in [1.807, 2.05) is 59.2 Å². The first-order chi connectivity index (χ1) is 17.1. The molecular weight excluding hydrogens is 463 g/mol. The summed E-state index contributed by atoms with van der Waals surface area (Å²) in [6, 6.07) is 24.3. The molecule has 1 amide bonds. The van der Waals surface area contributed by atoms with Crippen molar-refractivity contribution in [3.05, 3.63) is 90.2 Å². The van der Waals surface area contributed by atoms with Crippen LogP contribution in [0.2, 0.25) is 0 Å². The van der Waals surface area contributed by atoms with Crippen molar-refractivity contribution < 1.29 is 13.9 Å². The van der Waals surface area contributed by atoms with Gasteiger partial charge in [0.05, 0.1) is 12.9 Å². The number of thioether (sulfide) groups is 1. The maximum Gasteiger partial charge on any atom is 0.233 e. The van der Waals surface area contributed by atoms with Gasteiger partial charge in [-0.15, -0.1) is 10.2 Å². The smallest absolute Gasteiger partial charge is 0.233 e. The highest BCUT2D eigenvalue weighted by atomic mass is 32.2. The second-order valence-corrected chi connectivity index (χ2v) is 9.28. The van der Waals surface area contributed by atoms with Gasteiger partial charge in [0.2, 0.25) is 5.91 Å². The Morgan fingerprint density at radius 3 is 2.43 bits per heavy atom. The molecule has 0 atom stereocenters. The van der Waals surface area contributed by atoms with E-state index >= 15 is 0 Å². The van der Waals surface area contributed by atoms with Gasteiger partial charge < -0.3 is 9.64 Å². The third-order valence-electron chi connectivity index (χ3n) is 5.93. The van der Waals surface area contributed by atoms with Crippen molar-refractivity contribution in [2.75, 3.05) is 12.9 Å². The summed E-state index contributed by atoms with van der Waals surface area (Å²) in [4.78, 5) is 15.0. The fourth-order valence-corrected chi connectivity index (χ4v) is 4.76. The van der Waals surface area contributed by atoms with Crippen LogP contribution in [0, 0.1) is 5.82 Å². The summed E-state index contributed by atoms with van der Waals surface area (Å²) in [6.07, 6.45) is 1.90. The molecule has 1 aliphatic carbocycles. The molecule has 0 bridgehead atoms. The normalized spacial score (nSPS) is 13.0. The quantitative estimate of drug-likeness (QED) is 0.297. The molecule has 0 N–H and O–H groups in total. The number of nitrogens with zero attached hydrogens (tertiary/aromatic N) is 4. The van der Waals surface area contributed by atoms with Gasteiger partial charge in [0, 0.05) is 29.4 Å². The van der Waals surface area contributed by atoms with E-state index in [-0.39, 0.29) is 30.1 Å². The zero-order valence-corrected chi connectivity index (χ0v) is 20.1. The lowest BCUT2D eigenvalue weighted by Gasteiger charge is -2.22. The number of amides is 1. The first kappa shape index (κ1) is 23.1. The predicted molar refractivity (Wildman–Crippen MR) is 134 cm³/mol. The SMILES string of the molecule is COc1ccc(-c2nnc(SCC(=O)N(Cc3ccccc3F)C3CC3)n2-c2ccccc2)cc1. The minimum atomic E-state index is -0.286. The van der Waals surface area contributed by atoms with Crippen LogP contribution in [0.5, 0.6) is 5.75 Å². The molecule has 1 aliphatic rings. The summed E-state index contributed by atoms with van der Waals surface area (Å²) in [5.41, 5.74) is 2.33. The number of ether oxygens (including phenoxy) is 1. The van der Waals surface area contributed by atoms with Crippen LogP contribution in [-0.4, -0.2) is 44.5 Å². The van der Waals surface area contributed by atoms with Crippen LogP contribution < -0.4 is 4.74 Å². The van der Waals surface area contributed by atoms with Gasteiger partial charge in [-0.25, -0.2) is 4.39 Å². The summed E-state index contributed by atoms with van der Waals surface area (Å²) in [5, 5.41) is 9.48. The molecule has 1 fully saturated rings. The highest BCUT2D eigenvalue weighted by molar-refractivity contribution is 7.99. The molecule has 178 valence electrons. The van der Waals surface area contributed by atoms with Gasteiger partial charge in [0.15, 0.2) is 11.0 Å². The van der Waals surface area contributed by atoms with E-state index in [0.29, 0.717) is 16.5 Å². The molecule has 0 spiro atoms. The third-order valence-corrected chi connectivity index (χ3v) is 6.84. The van der Waals surface area contributed by atoms with E-state index in [2.05, 4.69) is 10.2 Å². The minimum absolute atomic E-state index is 0.0330. The highest BCUT2D eigenvalue weighted by Gasteiger charge is 2.33. The van der Waals surface area contributed by atoms with Crippen molar-refractivity contribution in [1.82, 2.24) is 19.7 Å². The fraction of sp³-hybridized carbons (Fsp3) is 0.222. The average molecular weight is 489 g/mol. The lowest BCUT2D eigenvalue weighted by atomic mass is 10.2. The summed E-state index contributed by atoms with van der Waals surface area (Å²) in [5.74, 6) is 1.31. The molecule has 8 heteroatoms. The first-order valence-corrected chi connectivity index (χ1v) is 12.4. The second kappa shape index (κ2) is 10.3. The second-order valence-electron chi connectivity index (χ2n) is 8.34. The number of para-hydroxylation sites is 1. The van der Waals surface area contributed by atoms with E-state index in [4.69, 9.17) is 4.74 Å². The van der Waals surface area contributed by atoms with E-state index in [1.165, 1.54) is 17.8 Å². The molecule has 0 unspecified atom stereocenters. The number of halogens is 1. The Bertz CT molecular complexity index is 1310. The number of methoxy groups -OCH3 is 1. The van der Waals surface area contributed by atoms with E-state index < -0.39 is 0 Å². The molecule has 1 heterocycles. The van der Waals surface area contributed by atoms with Gasteiger partial charge in [0.1, 0.15) is 11.6 Å². The summed E-state index contributed by atoms with van der Waals surface area (Å²) in [6.45, 7) is 0.277. The topological polar surface area (TPSA) is 60.3 Å². The predicted octanol–water partition coefficient (Wildman–Crippen LogP) is 5.37. The number of aromatic nitrogens is 3. The Balaban J connectivity index is 1.39. The van der Waals surface area contributed by atoms with Gasteiger partial charge in [-0.2, -0.15) is 0 Å². The maximum atomic E-state index is 14.2. The zero-order chi connectivity index (χ0) is 24.2. The molecule has 0 saturated heterocycles. The van der Waals surface area contributed by atoms with Gasteiger partial charge in [0.25, 0.3) is 0 Å². The molecule has 6 nitrogen and oxygen atoms in total. The number of rotatable bonds is 9. The van der Waals surface area contributed by atoms with Crippen LogP contribution in [0.25, 0.3) is 17.1 Å². The van der Waals surface area contributed by atoms with E-state index in [9.17, 15) is 9.18 Å². The number of hydrogen-bond donors (Lipinski definition) is 0. The molecular formula is C27H25FN4O2S. The minimum Gasteiger partial charge on any atom is -0.497 e. The summed E-state index contributed by atoms with van der Waals surface area (Å²) < 4.78 is 21.5. The van der Waals surface area contributed by atoms with Crippen LogP contribution in [0.4, 0.5) is 4.39 Å². The molecule has 1 saturated carbocycles. The van der Waals surface area contributed by atoms with Crippen LogP contribution in [0.3, 0.4) is 0 Å². The molecule has 3 aromatic carbocycles. The van der Waals surface area contributed by atoms with Crippen molar-refractivity contribution >= 4 is 17.7 Å². The number of carbonyl (C=O) groups excluding carboxylic acids is 1. The average Bonchev–Trinajstić information content (AvgIpc) is 3.65. The van der Waals surface area contributed by atoms with Crippen LogP contribution in [-0.2, 0) is 11.3 Å². The highest BCUT2D eigenvalue weighted by Crippen LogP contribution is 2.32. The van der Waals surface area contributed by atoms with Crippen molar-refractivity contribution in [1.29, 1.82) is 0 Å². The Hall–Kier alpha value is -3.65. The Morgan fingerprint density at radius 1 is 1.03 bits per heavy atom. The molecule has 4 aromatic rings. The van der Waals surface area contributed by atoms with Crippen LogP contribution >= 0.6 is 11.8 Å². The monoisotopic (exact) mass is 488 g/mol. The molecule has 1 aromatic heterocycles. The van der Waals surface area contributed by atoms with Crippen molar-refractivity contribution in [3.63, 3.8) is 0 Å². The molecule has 0 aliphatic heterocycles. The maximum absolute atomic E-state index is 14.2. The van der Waals surface area contributed by atoms with Crippen molar-refractivity contribution in [2.24, 2.45) is 0 Å². The lowest BCUT2D eigenvalue weighted by Crippen LogP contribution is -2.34. The fourth-order valence-electron chi connectivity index (χ4n) is 3.93. The van der Waals surface area contributed by atoms with E-state index in [1.54, 1.807) is 30.2 Å². The van der Waals surface area contributed by atoms with E-state index in [0.717, 1.165) is 29.8 Å². The third kappa shape index (κ3) is 5.22. The summed E-state index contributed by atoms with van der Waals surface area (Å²) in [7, 11) is 1.63. The Kier molecular flexibility index (Phi) is 6.81. The largest absolute Gasteiger partial charge is 0.497 e.